The molecule has 4 heteroatoms. The summed E-state index contributed by atoms with van der Waals surface area (Å²) in [6.45, 7) is 11.6. The Kier molecular flexibility index (Phi) is 5.60. The van der Waals surface area contributed by atoms with Crippen LogP contribution in [0, 0.1) is 5.92 Å². The molecule has 18 heavy (non-hydrogen) atoms. The molecule has 0 bridgehead atoms. The molecule has 1 rings (SSSR count). The molecule has 1 aliphatic heterocycles. The summed E-state index contributed by atoms with van der Waals surface area (Å²) in [4.78, 5) is 14.2. The van der Waals surface area contributed by atoms with Gasteiger partial charge in [0, 0.05) is 12.6 Å². The van der Waals surface area contributed by atoms with Crippen molar-refractivity contribution in [2.45, 2.75) is 58.5 Å². The van der Waals surface area contributed by atoms with Crippen molar-refractivity contribution >= 4 is 5.91 Å². The van der Waals surface area contributed by atoms with E-state index in [-0.39, 0.29) is 5.91 Å². The molecule has 3 N–H and O–H groups in total. The van der Waals surface area contributed by atoms with Gasteiger partial charge in [0.1, 0.15) is 0 Å². The number of likely N-dealkylation sites (tertiary alicyclic amines) is 1. The lowest BCUT2D eigenvalue weighted by molar-refractivity contribution is -0.124. The predicted molar refractivity (Wildman–Crippen MR) is 75.3 cm³/mol. The zero-order chi connectivity index (χ0) is 13.8. The van der Waals surface area contributed by atoms with Crippen molar-refractivity contribution in [2.75, 3.05) is 19.6 Å². The zero-order valence-electron chi connectivity index (χ0n) is 12.3. The van der Waals surface area contributed by atoms with Crippen molar-refractivity contribution in [3.63, 3.8) is 0 Å². The van der Waals surface area contributed by atoms with E-state index in [9.17, 15) is 4.79 Å². The molecule has 0 saturated carbocycles. The molecule has 4 nitrogen and oxygen atoms in total. The Hall–Kier alpha value is -0.610. The summed E-state index contributed by atoms with van der Waals surface area (Å²) >= 11 is 0. The highest BCUT2D eigenvalue weighted by Gasteiger charge is 2.35. The van der Waals surface area contributed by atoms with Gasteiger partial charge in [-0.3, -0.25) is 4.79 Å². The summed E-state index contributed by atoms with van der Waals surface area (Å²) in [7, 11) is 0. The van der Waals surface area contributed by atoms with Crippen LogP contribution in [0.25, 0.3) is 0 Å². The van der Waals surface area contributed by atoms with E-state index in [4.69, 9.17) is 5.73 Å². The maximum absolute atomic E-state index is 11.7. The SMILES string of the molecule is CCCNC(C)(CC(C)N1CCC(C)C1)C(N)=O. The molecule has 0 radical (unpaired) electrons. The molecule has 0 aromatic rings. The molecule has 1 saturated heterocycles. The largest absolute Gasteiger partial charge is 0.368 e. The monoisotopic (exact) mass is 255 g/mol. The van der Waals surface area contributed by atoms with Crippen molar-refractivity contribution in [3.05, 3.63) is 0 Å². The van der Waals surface area contributed by atoms with Crippen LogP contribution in [0.4, 0.5) is 0 Å². The van der Waals surface area contributed by atoms with Crippen LogP contribution >= 0.6 is 0 Å². The van der Waals surface area contributed by atoms with Gasteiger partial charge in [0.05, 0.1) is 5.54 Å². The Labute approximate surface area is 111 Å². The third-order valence-electron chi connectivity index (χ3n) is 4.09. The van der Waals surface area contributed by atoms with Gasteiger partial charge in [0.2, 0.25) is 5.91 Å². The molecule has 1 amide bonds. The van der Waals surface area contributed by atoms with E-state index < -0.39 is 5.54 Å². The summed E-state index contributed by atoms with van der Waals surface area (Å²) in [6, 6.07) is 0.400. The number of rotatable bonds is 7. The number of carbonyl (C=O) groups excluding carboxylic acids is 1. The summed E-state index contributed by atoms with van der Waals surface area (Å²) in [5, 5.41) is 3.31. The van der Waals surface area contributed by atoms with Crippen LogP contribution in [-0.4, -0.2) is 42.0 Å². The number of primary amides is 1. The van der Waals surface area contributed by atoms with Gasteiger partial charge in [0.25, 0.3) is 0 Å². The van der Waals surface area contributed by atoms with E-state index in [1.54, 1.807) is 0 Å². The summed E-state index contributed by atoms with van der Waals surface area (Å²) in [6.07, 6.45) is 3.06. The number of nitrogens with two attached hydrogens (primary N) is 1. The lowest BCUT2D eigenvalue weighted by atomic mass is 9.92. The Bertz CT molecular complexity index is 282. The number of hydrogen-bond acceptors (Lipinski definition) is 3. The molecule has 1 aliphatic rings. The van der Waals surface area contributed by atoms with E-state index in [2.05, 4.69) is 31.0 Å². The van der Waals surface area contributed by atoms with Crippen molar-refractivity contribution in [1.82, 2.24) is 10.2 Å². The van der Waals surface area contributed by atoms with E-state index in [1.807, 2.05) is 6.92 Å². The molecule has 0 spiro atoms. The van der Waals surface area contributed by atoms with Crippen molar-refractivity contribution in [3.8, 4) is 0 Å². The summed E-state index contributed by atoms with van der Waals surface area (Å²) in [5.41, 5.74) is 4.98. The number of nitrogens with one attached hydrogen (secondary N) is 1. The number of carbonyl (C=O) groups is 1. The van der Waals surface area contributed by atoms with Gasteiger partial charge in [0.15, 0.2) is 0 Å². The van der Waals surface area contributed by atoms with E-state index in [0.717, 1.165) is 38.4 Å². The molecule has 0 aromatic heterocycles. The zero-order valence-corrected chi connectivity index (χ0v) is 12.3. The topological polar surface area (TPSA) is 58.4 Å². The minimum Gasteiger partial charge on any atom is -0.368 e. The molecular weight excluding hydrogens is 226 g/mol. The van der Waals surface area contributed by atoms with Gasteiger partial charge in [-0.15, -0.1) is 0 Å². The molecule has 1 heterocycles. The highest BCUT2D eigenvalue weighted by atomic mass is 16.1. The molecular formula is C14H29N3O. The number of hydrogen-bond donors (Lipinski definition) is 2. The van der Waals surface area contributed by atoms with Crippen LogP contribution in [0.5, 0.6) is 0 Å². The van der Waals surface area contributed by atoms with Crippen molar-refractivity contribution in [2.24, 2.45) is 11.7 Å². The predicted octanol–water partition coefficient (Wildman–Crippen LogP) is 1.35. The minimum absolute atomic E-state index is 0.241. The quantitative estimate of drug-likeness (QED) is 0.722. The Morgan fingerprint density at radius 1 is 1.61 bits per heavy atom. The van der Waals surface area contributed by atoms with Gasteiger partial charge in [-0.1, -0.05) is 13.8 Å². The fourth-order valence-electron chi connectivity index (χ4n) is 2.75. The lowest BCUT2D eigenvalue weighted by Gasteiger charge is -2.34. The number of nitrogens with zero attached hydrogens (tertiary/aromatic N) is 1. The third-order valence-corrected chi connectivity index (χ3v) is 4.09. The van der Waals surface area contributed by atoms with Crippen LogP contribution in [0.2, 0.25) is 0 Å². The fourth-order valence-corrected chi connectivity index (χ4v) is 2.75. The normalized spacial score (nSPS) is 25.9. The first-order valence-corrected chi connectivity index (χ1v) is 7.18. The van der Waals surface area contributed by atoms with Crippen LogP contribution in [0.15, 0.2) is 0 Å². The van der Waals surface area contributed by atoms with Gasteiger partial charge in [-0.2, -0.15) is 0 Å². The smallest absolute Gasteiger partial charge is 0.237 e. The van der Waals surface area contributed by atoms with Gasteiger partial charge >= 0.3 is 0 Å². The molecule has 3 unspecified atom stereocenters. The molecule has 106 valence electrons. The van der Waals surface area contributed by atoms with E-state index in [0.29, 0.717) is 6.04 Å². The molecule has 3 atom stereocenters. The van der Waals surface area contributed by atoms with Gasteiger partial charge < -0.3 is 16.0 Å². The average molecular weight is 255 g/mol. The fraction of sp³-hybridized carbons (Fsp3) is 0.929. The maximum atomic E-state index is 11.7. The van der Waals surface area contributed by atoms with Gasteiger partial charge in [-0.05, 0) is 52.1 Å². The second-order valence-electron chi connectivity index (χ2n) is 6.07. The van der Waals surface area contributed by atoms with Crippen molar-refractivity contribution < 1.29 is 4.79 Å². The van der Waals surface area contributed by atoms with Crippen LogP contribution in [0.3, 0.4) is 0 Å². The first kappa shape index (κ1) is 15.4. The Balaban J connectivity index is 2.57. The second kappa shape index (κ2) is 6.53. The molecule has 0 aromatic carbocycles. The Morgan fingerprint density at radius 3 is 2.72 bits per heavy atom. The lowest BCUT2D eigenvalue weighted by Crippen LogP contribution is -2.56. The number of amides is 1. The third kappa shape index (κ3) is 3.95. The van der Waals surface area contributed by atoms with Crippen molar-refractivity contribution in [1.29, 1.82) is 0 Å². The van der Waals surface area contributed by atoms with Crippen LogP contribution in [0.1, 0.15) is 47.0 Å². The molecule has 1 fully saturated rings. The first-order valence-electron chi connectivity index (χ1n) is 7.18. The van der Waals surface area contributed by atoms with E-state index >= 15 is 0 Å². The van der Waals surface area contributed by atoms with E-state index in [1.165, 1.54) is 6.42 Å². The highest BCUT2D eigenvalue weighted by Crippen LogP contribution is 2.23. The standard InChI is InChI=1S/C14H29N3O/c1-5-7-16-14(4,13(15)18)9-12(3)17-8-6-11(2)10-17/h11-12,16H,5-10H2,1-4H3,(H2,15,18). The molecule has 0 aliphatic carbocycles. The highest BCUT2D eigenvalue weighted by molar-refractivity contribution is 5.84. The minimum atomic E-state index is -0.582. The van der Waals surface area contributed by atoms with Crippen LogP contribution in [-0.2, 0) is 4.79 Å². The summed E-state index contributed by atoms with van der Waals surface area (Å²) in [5.74, 6) is 0.533. The average Bonchev–Trinajstić information content (AvgIpc) is 2.73. The summed E-state index contributed by atoms with van der Waals surface area (Å²) < 4.78 is 0. The van der Waals surface area contributed by atoms with Gasteiger partial charge in [-0.25, -0.2) is 0 Å². The van der Waals surface area contributed by atoms with Crippen LogP contribution < -0.4 is 11.1 Å². The second-order valence-corrected chi connectivity index (χ2v) is 6.07. The Morgan fingerprint density at radius 2 is 2.28 bits per heavy atom. The first-order chi connectivity index (χ1) is 8.39. The maximum Gasteiger partial charge on any atom is 0.237 e.